The van der Waals surface area contributed by atoms with Crippen LogP contribution in [-0.2, 0) is 7.05 Å². The summed E-state index contributed by atoms with van der Waals surface area (Å²) in [6, 6.07) is 3.27. The number of rotatable bonds is 3. The molecule has 0 aliphatic carbocycles. The van der Waals surface area contributed by atoms with E-state index in [4.69, 9.17) is 15.7 Å². The summed E-state index contributed by atoms with van der Waals surface area (Å²) in [6.45, 7) is 0. The summed E-state index contributed by atoms with van der Waals surface area (Å²) in [4.78, 5) is 3.98. The van der Waals surface area contributed by atoms with Gasteiger partial charge in [-0.3, -0.25) is 4.68 Å². The lowest BCUT2D eigenvalue weighted by molar-refractivity contribution is 0.318. The van der Waals surface area contributed by atoms with Crippen molar-refractivity contribution in [2.45, 2.75) is 0 Å². The molecule has 0 saturated carbocycles. The minimum Gasteiger partial charge on any atom is -0.452 e. The number of pyridine rings is 1. The summed E-state index contributed by atoms with van der Waals surface area (Å²) >= 11 is 0. The third-order valence-electron chi connectivity index (χ3n) is 2.02. The van der Waals surface area contributed by atoms with E-state index in [0.717, 1.165) is 0 Å². The van der Waals surface area contributed by atoms with E-state index in [-0.39, 0.29) is 5.84 Å². The zero-order valence-electron chi connectivity index (χ0n) is 9.11. The van der Waals surface area contributed by atoms with E-state index >= 15 is 0 Å². The van der Waals surface area contributed by atoms with Gasteiger partial charge in [-0.05, 0) is 12.1 Å². The van der Waals surface area contributed by atoms with E-state index in [2.05, 4.69) is 15.2 Å². The molecule has 88 valence electrons. The van der Waals surface area contributed by atoms with Crippen LogP contribution in [0.15, 0.2) is 35.9 Å². The molecule has 2 aromatic heterocycles. The van der Waals surface area contributed by atoms with Crippen molar-refractivity contribution in [2.75, 3.05) is 0 Å². The first-order chi connectivity index (χ1) is 8.19. The van der Waals surface area contributed by atoms with E-state index < -0.39 is 0 Å². The number of nitrogens with two attached hydrogens (primary N) is 1. The van der Waals surface area contributed by atoms with Crippen molar-refractivity contribution >= 4 is 5.84 Å². The molecule has 17 heavy (non-hydrogen) atoms. The van der Waals surface area contributed by atoms with Crippen molar-refractivity contribution in [3.8, 4) is 11.5 Å². The van der Waals surface area contributed by atoms with Crippen molar-refractivity contribution in [3.05, 3.63) is 36.4 Å². The predicted octanol–water partition coefficient (Wildman–Crippen LogP) is 0.702. The molecule has 0 bridgehead atoms. The van der Waals surface area contributed by atoms with Crippen LogP contribution in [0.5, 0.6) is 11.5 Å². The van der Waals surface area contributed by atoms with Gasteiger partial charge in [0, 0.05) is 7.05 Å². The van der Waals surface area contributed by atoms with Crippen LogP contribution >= 0.6 is 0 Å². The highest BCUT2D eigenvalue weighted by Gasteiger charge is 2.03. The summed E-state index contributed by atoms with van der Waals surface area (Å²) < 4.78 is 7.11. The number of hydrogen-bond donors (Lipinski definition) is 2. The summed E-state index contributed by atoms with van der Waals surface area (Å²) in [7, 11) is 1.80. The van der Waals surface area contributed by atoms with Crippen LogP contribution in [-0.4, -0.2) is 25.8 Å². The number of amidine groups is 1. The summed E-state index contributed by atoms with van der Waals surface area (Å²) in [6.07, 6.45) is 4.81. The Bertz CT molecular complexity index is 532. The fourth-order valence-corrected chi connectivity index (χ4v) is 1.23. The monoisotopic (exact) mass is 233 g/mol. The maximum Gasteiger partial charge on any atom is 0.188 e. The van der Waals surface area contributed by atoms with Gasteiger partial charge in [0.2, 0.25) is 0 Å². The Kier molecular flexibility index (Phi) is 2.91. The summed E-state index contributed by atoms with van der Waals surface area (Å²) in [5.74, 6) is 1.12. The molecule has 2 heterocycles. The van der Waals surface area contributed by atoms with Crippen molar-refractivity contribution in [3.63, 3.8) is 0 Å². The van der Waals surface area contributed by atoms with E-state index in [1.807, 2.05) is 0 Å². The zero-order valence-corrected chi connectivity index (χ0v) is 9.11. The maximum absolute atomic E-state index is 8.48. The minimum atomic E-state index is -0.0436. The number of nitrogens with zero attached hydrogens (tertiary/aromatic N) is 4. The van der Waals surface area contributed by atoms with Crippen molar-refractivity contribution in [2.24, 2.45) is 17.9 Å². The molecule has 7 nitrogen and oxygen atoms in total. The van der Waals surface area contributed by atoms with Gasteiger partial charge in [0.05, 0.1) is 18.6 Å². The van der Waals surface area contributed by atoms with Crippen LogP contribution in [0.2, 0.25) is 0 Å². The van der Waals surface area contributed by atoms with Crippen LogP contribution in [0.4, 0.5) is 0 Å². The summed E-state index contributed by atoms with van der Waals surface area (Å²) in [5, 5.41) is 15.3. The van der Waals surface area contributed by atoms with Gasteiger partial charge in [-0.2, -0.15) is 5.10 Å². The van der Waals surface area contributed by atoms with E-state index in [9.17, 15) is 0 Å². The molecule has 0 fully saturated rings. The Morgan fingerprint density at radius 1 is 1.41 bits per heavy atom. The molecule has 3 N–H and O–H groups in total. The first kappa shape index (κ1) is 10.9. The third-order valence-corrected chi connectivity index (χ3v) is 2.02. The van der Waals surface area contributed by atoms with Gasteiger partial charge in [0.25, 0.3) is 0 Å². The van der Waals surface area contributed by atoms with Crippen LogP contribution < -0.4 is 10.5 Å². The standard InChI is InChI=1S/C10H11N5O2/c1-15-6-8(5-13-15)17-7-2-3-9(12-4-7)10(11)14-16/h2-6,16H,1H3,(H2,11,14). The number of aromatic nitrogens is 3. The number of hydrogen-bond acceptors (Lipinski definition) is 5. The molecule has 0 radical (unpaired) electrons. The van der Waals surface area contributed by atoms with Crippen molar-refractivity contribution < 1.29 is 9.94 Å². The molecule has 7 heteroatoms. The Balaban J connectivity index is 2.13. The van der Waals surface area contributed by atoms with Crippen LogP contribution in [0.25, 0.3) is 0 Å². The Morgan fingerprint density at radius 2 is 2.24 bits per heavy atom. The average molecular weight is 233 g/mol. The Hall–Kier alpha value is -2.57. The largest absolute Gasteiger partial charge is 0.452 e. The fraction of sp³-hybridized carbons (Fsp3) is 0.100. The number of oxime groups is 1. The summed E-state index contributed by atoms with van der Waals surface area (Å²) in [5.41, 5.74) is 5.76. The molecular weight excluding hydrogens is 222 g/mol. The smallest absolute Gasteiger partial charge is 0.188 e. The highest BCUT2D eigenvalue weighted by molar-refractivity contribution is 5.95. The normalized spacial score (nSPS) is 11.5. The lowest BCUT2D eigenvalue weighted by Crippen LogP contribution is -2.14. The van der Waals surface area contributed by atoms with Crippen molar-refractivity contribution in [1.29, 1.82) is 0 Å². The van der Waals surface area contributed by atoms with Gasteiger partial charge in [-0.1, -0.05) is 5.16 Å². The number of aryl methyl sites for hydroxylation is 1. The molecule has 0 unspecified atom stereocenters. The lowest BCUT2D eigenvalue weighted by atomic mass is 10.3. The molecule has 0 amide bonds. The zero-order chi connectivity index (χ0) is 12.3. The second-order valence-corrected chi connectivity index (χ2v) is 3.32. The van der Waals surface area contributed by atoms with Gasteiger partial charge in [0.1, 0.15) is 11.4 Å². The molecule has 0 aromatic carbocycles. The molecule has 0 spiro atoms. The van der Waals surface area contributed by atoms with E-state index in [0.29, 0.717) is 17.2 Å². The first-order valence-electron chi connectivity index (χ1n) is 4.79. The van der Waals surface area contributed by atoms with Gasteiger partial charge < -0.3 is 15.7 Å². The SMILES string of the molecule is Cn1cc(Oc2ccc(/C(N)=N/O)nc2)cn1. The minimum absolute atomic E-state index is 0.0436. The molecule has 0 saturated heterocycles. The molecular formula is C10H11N5O2. The molecule has 0 aliphatic rings. The first-order valence-corrected chi connectivity index (χ1v) is 4.79. The van der Waals surface area contributed by atoms with E-state index in [1.165, 1.54) is 6.20 Å². The third kappa shape index (κ3) is 2.51. The second-order valence-electron chi connectivity index (χ2n) is 3.32. The average Bonchev–Trinajstić information content (AvgIpc) is 2.75. The topological polar surface area (TPSA) is 98.5 Å². The lowest BCUT2D eigenvalue weighted by Gasteiger charge is -2.02. The highest BCUT2D eigenvalue weighted by Crippen LogP contribution is 2.19. The molecule has 2 aromatic rings. The Labute approximate surface area is 97.1 Å². The fourth-order valence-electron chi connectivity index (χ4n) is 1.23. The number of ether oxygens (including phenoxy) is 1. The quantitative estimate of drug-likeness (QED) is 0.352. The molecule has 0 aliphatic heterocycles. The van der Waals surface area contributed by atoms with Gasteiger partial charge in [-0.25, -0.2) is 4.98 Å². The maximum atomic E-state index is 8.48. The molecule has 0 atom stereocenters. The second kappa shape index (κ2) is 4.52. The van der Waals surface area contributed by atoms with E-state index in [1.54, 1.807) is 36.3 Å². The van der Waals surface area contributed by atoms with Crippen LogP contribution in [0.3, 0.4) is 0 Å². The predicted molar refractivity (Wildman–Crippen MR) is 60.0 cm³/mol. The van der Waals surface area contributed by atoms with Crippen LogP contribution in [0.1, 0.15) is 5.69 Å². The highest BCUT2D eigenvalue weighted by atomic mass is 16.5. The molecule has 2 rings (SSSR count). The van der Waals surface area contributed by atoms with Crippen LogP contribution in [0, 0.1) is 0 Å². The van der Waals surface area contributed by atoms with Gasteiger partial charge >= 0.3 is 0 Å². The Morgan fingerprint density at radius 3 is 2.76 bits per heavy atom. The van der Waals surface area contributed by atoms with Gasteiger partial charge in [-0.15, -0.1) is 0 Å². The van der Waals surface area contributed by atoms with Gasteiger partial charge in [0.15, 0.2) is 11.6 Å². The van der Waals surface area contributed by atoms with Crippen molar-refractivity contribution in [1.82, 2.24) is 14.8 Å².